The number of anilines is 1. The van der Waals surface area contributed by atoms with Gasteiger partial charge >= 0.3 is 11.7 Å². The van der Waals surface area contributed by atoms with E-state index in [0.29, 0.717) is 22.0 Å². The molecule has 162 valence electrons. The maximum absolute atomic E-state index is 13.2. The van der Waals surface area contributed by atoms with Crippen molar-refractivity contribution >= 4 is 40.2 Å². The van der Waals surface area contributed by atoms with Crippen molar-refractivity contribution in [2.24, 2.45) is 7.05 Å². The van der Waals surface area contributed by atoms with Crippen molar-refractivity contribution in [3.63, 3.8) is 0 Å². The zero-order valence-electron chi connectivity index (χ0n) is 17.5. The van der Waals surface area contributed by atoms with Crippen LogP contribution in [0.3, 0.4) is 0 Å². The number of rotatable bonds is 5. The van der Waals surface area contributed by atoms with E-state index in [9.17, 15) is 19.2 Å². The Morgan fingerprint density at radius 3 is 2.61 bits per heavy atom. The molecule has 1 N–H and O–H groups in total. The number of fused-ring (bicyclic) bond motifs is 1. The lowest BCUT2D eigenvalue weighted by Crippen LogP contribution is -2.42. The molecule has 0 atom stereocenters. The van der Waals surface area contributed by atoms with E-state index >= 15 is 0 Å². The Labute approximate surface area is 182 Å². The van der Waals surface area contributed by atoms with Crippen LogP contribution in [0.5, 0.6) is 0 Å². The van der Waals surface area contributed by atoms with Gasteiger partial charge in [0, 0.05) is 23.5 Å². The SMILES string of the molecule is CCOC(=O)c1cc(C)nc2c1c(=O)n(CC(=O)Nc1cccc(Cl)c1C)c(=O)n2C. The van der Waals surface area contributed by atoms with Crippen molar-refractivity contribution in [3.05, 3.63) is 66.9 Å². The number of hydrogen-bond acceptors (Lipinski definition) is 6. The van der Waals surface area contributed by atoms with Crippen molar-refractivity contribution in [1.82, 2.24) is 14.1 Å². The number of ether oxygens (including phenoxy) is 1. The van der Waals surface area contributed by atoms with Crippen molar-refractivity contribution < 1.29 is 14.3 Å². The lowest BCUT2D eigenvalue weighted by atomic mass is 10.1. The highest BCUT2D eigenvalue weighted by Crippen LogP contribution is 2.23. The molecule has 31 heavy (non-hydrogen) atoms. The van der Waals surface area contributed by atoms with Crippen LogP contribution >= 0.6 is 11.6 Å². The van der Waals surface area contributed by atoms with Gasteiger partial charge in [-0.05, 0) is 44.5 Å². The van der Waals surface area contributed by atoms with Gasteiger partial charge < -0.3 is 10.1 Å². The van der Waals surface area contributed by atoms with Gasteiger partial charge in [-0.1, -0.05) is 17.7 Å². The second-order valence-electron chi connectivity index (χ2n) is 6.92. The van der Waals surface area contributed by atoms with Gasteiger partial charge in [-0.2, -0.15) is 0 Å². The summed E-state index contributed by atoms with van der Waals surface area (Å²) in [5.74, 6) is -1.30. The number of pyridine rings is 1. The molecule has 1 amide bonds. The Bertz CT molecular complexity index is 1330. The number of halogens is 1. The predicted octanol–water partition coefficient (Wildman–Crippen LogP) is 2.18. The highest BCUT2D eigenvalue weighted by Gasteiger charge is 2.22. The van der Waals surface area contributed by atoms with Gasteiger partial charge in [0.2, 0.25) is 5.91 Å². The number of esters is 1. The van der Waals surface area contributed by atoms with Crippen LogP contribution in [-0.2, 0) is 23.1 Å². The first-order valence-electron chi connectivity index (χ1n) is 9.49. The van der Waals surface area contributed by atoms with Crippen LogP contribution in [0.1, 0.15) is 28.5 Å². The third-order valence-corrected chi connectivity index (χ3v) is 5.17. The topological polar surface area (TPSA) is 112 Å². The minimum atomic E-state index is -0.799. The molecule has 0 spiro atoms. The molecule has 0 saturated carbocycles. The molecule has 0 unspecified atom stereocenters. The molecule has 0 fully saturated rings. The summed E-state index contributed by atoms with van der Waals surface area (Å²) in [7, 11) is 1.42. The van der Waals surface area contributed by atoms with Gasteiger partial charge in [0.25, 0.3) is 5.56 Å². The van der Waals surface area contributed by atoms with E-state index in [1.807, 2.05) is 0 Å². The van der Waals surface area contributed by atoms with E-state index in [-0.39, 0.29) is 23.2 Å². The zero-order chi connectivity index (χ0) is 22.9. The summed E-state index contributed by atoms with van der Waals surface area (Å²) in [5, 5.41) is 3.03. The standard InChI is InChI=1S/C21H21ClN4O5/c1-5-31-20(29)13-9-11(2)23-18-17(13)19(28)26(21(30)25(18)4)10-16(27)24-15-8-6-7-14(22)12(15)3/h6-9H,5,10H2,1-4H3,(H,24,27). The minimum Gasteiger partial charge on any atom is -0.462 e. The molecule has 0 aliphatic rings. The van der Waals surface area contributed by atoms with Crippen LogP contribution in [0.15, 0.2) is 33.9 Å². The smallest absolute Gasteiger partial charge is 0.339 e. The third kappa shape index (κ3) is 4.22. The molecule has 0 bridgehead atoms. The molecule has 0 aliphatic heterocycles. The monoisotopic (exact) mass is 444 g/mol. The average Bonchev–Trinajstić information content (AvgIpc) is 2.72. The molecule has 9 nitrogen and oxygen atoms in total. The summed E-state index contributed by atoms with van der Waals surface area (Å²) in [5.41, 5.74) is 0.0604. The number of nitrogens with zero attached hydrogens (tertiary/aromatic N) is 3. The zero-order valence-corrected chi connectivity index (χ0v) is 18.2. The normalized spacial score (nSPS) is 10.9. The number of hydrogen-bond donors (Lipinski definition) is 1. The Kier molecular flexibility index (Phi) is 6.26. The number of aromatic nitrogens is 3. The number of carbonyl (C=O) groups is 2. The Morgan fingerprint density at radius 2 is 1.94 bits per heavy atom. The highest BCUT2D eigenvalue weighted by atomic mass is 35.5. The van der Waals surface area contributed by atoms with Gasteiger partial charge in [0.15, 0.2) is 0 Å². The molecule has 0 aliphatic carbocycles. The fourth-order valence-corrected chi connectivity index (χ4v) is 3.36. The van der Waals surface area contributed by atoms with Gasteiger partial charge in [-0.15, -0.1) is 0 Å². The fraction of sp³-hybridized carbons (Fsp3) is 0.286. The van der Waals surface area contributed by atoms with E-state index in [1.54, 1.807) is 39.0 Å². The maximum atomic E-state index is 13.2. The first kappa shape index (κ1) is 22.2. The number of carbonyl (C=O) groups excluding carboxylic acids is 2. The molecule has 3 aromatic rings. The molecule has 0 saturated heterocycles. The van der Waals surface area contributed by atoms with E-state index in [2.05, 4.69) is 10.3 Å². The van der Waals surface area contributed by atoms with E-state index in [0.717, 1.165) is 9.13 Å². The number of aryl methyl sites for hydroxylation is 2. The van der Waals surface area contributed by atoms with Crippen LogP contribution < -0.4 is 16.6 Å². The Morgan fingerprint density at radius 1 is 1.23 bits per heavy atom. The average molecular weight is 445 g/mol. The summed E-state index contributed by atoms with van der Waals surface area (Å²) in [6.45, 7) is 4.58. The molecule has 2 aromatic heterocycles. The summed E-state index contributed by atoms with van der Waals surface area (Å²) in [6.07, 6.45) is 0. The molecule has 2 heterocycles. The number of nitrogens with one attached hydrogen (secondary N) is 1. The van der Waals surface area contributed by atoms with Gasteiger partial charge in [0.05, 0.1) is 17.6 Å². The van der Waals surface area contributed by atoms with E-state index in [1.165, 1.54) is 13.1 Å². The summed E-state index contributed by atoms with van der Waals surface area (Å²) in [6, 6.07) is 6.44. The van der Waals surface area contributed by atoms with Crippen LogP contribution in [0.4, 0.5) is 5.69 Å². The first-order valence-corrected chi connectivity index (χ1v) is 9.86. The lowest BCUT2D eigenvalue weighted by Gasteiger charge is -2.14. The van der Waals surface area contributed by atoms with Crippen molar-refractivity contribution in [2.75, 3.05) is 11.9 Å². The molecular formula is C21H21ClN4O5. The van der Waals surface area contributed by atoms with Gasteiger partial charge in [-0.25, -0.2) is 14.6 Å². The molecule has 10 heteroatoms. The van der Waals surface area contributed by atoms with Gasteiger partial charge in [0.1, 0.15) is 12.2 Å². The van der Waals surface area contributed by atoms with Crippen molar-refractivity contribution in [1.29, 1.82) is 0 Å². The molecule has 3 rings (SSSR count). The largest absolute Gasteiger partial charge is 0.462 e. The van der Waals surface area contributed by atoms with Crippen LogP contribution in [-0.4, -0.2) is 32.6 Å². The van der Waals surface area contributed by atoms with E-state index < -0.39 is 29.7 Å². The van der Waals surface area contributed by atoms with Crippen LogP contribution in [0.25, 0.3) is 11.0 Å². The second-order valence-corrected chi connectivity index (χ2v) is 7.33. The summed E-state index contributed by atoms with van der Waals surface area (Å²) < 4.78 is 6.94. The lowest BCUT2D eigenvalue weighted by molar-refractivity contribution is -0.116. The van der Waals surface area contributed by atoms with Crippen LogP contribution in [0.2, 0.25) is 5.02 Å². The number of amides is 1. The fourth-order valence-electron chi connectivity index (χ4n) is 3.19. The summed E-state index contributed by atoms with van der Waals surface area (Å²) >= 11 is 6.07. The molecule has 1 aromatic carbocycles. The van der Waals surface area contributed by atoms with Crippen molar-refractivity contribution in [3.8, 4) is 0 Å². The predicted molar refractivity (Wildman–Crippen MR) is 117 cm³/mol. The molecule has 0 radical (unpaired) electrons. The van der Waals surface area contributed by atoms with Gasteiger partial charge in [-0.3, -0.25) is 18.7 Å². The Hall–Kier alpha value is -3.46. The van der Waals surface area contributed by atoms with Crippen LogP contribution in [0, 0.1) is 13.8 Å². The summed E-state index contributed by atoms with van der Waals surface area (Å²) in [4.78, 5) is 55.2. The molecular weight excluding hydrogens is 424 g/mol. The number of benzene rings is 1. The first-order chi connectivity index (χ1) is 14.6. The third-order valence-electron chi connectivity index (χ3n) is 4.76. The highest BCUT2D eigenvalue weighted by molar-refractivity contribution is 6.31. The van der Waals surface area contributed by atoms with Crippen molar-refractivity contribution in [2.45, 2.75) is 27.3 Å². The maximum Gasteiger partial charge on any atom is 0.339 e. The Balaban J connectivity index is 2.12. The quantitative estimate of drug-likeness (QED) is 0.603. The minimum absolute atomic E-state index is 0.00945. The van der Waals surface area contributed by atoms with E-state index in [4.69, 9.17) is 16.3 Å². The second kappa shape index (κ2) is 8.73.